The van der Waals surface area contributed by atoms with Crippen molar-refractivity contribution in [3.63, 3.8) is 0 Å². The molecule has 1 aromatic carbocycles. The van der Waals surface area contributed by atoms with Crippen molar-refractivity contribution in [1.82, 2.24) is 15.3 Å². The highest BCUT2D eigenvalue weighted by Gasteiger charge is 2.29. The molecular weight excluding hydrogens is 472 g/mol. The van der Waals surface area contributed by atoms with E-state index < -0.39 is 5.60 Å². The SMILES string of the molecule is CC(C)(O)c1cccc(-c2ccnc(N[C@@H]3CCCC[C@H]3NC3CCCN(c4ccc(C#N)nc4)C3)c2)c1. The first-order valence-corrected chi connectivity index (χ1v) is 13.8. The van der Waals surface area contributed by atoms with E-state index in [-0.39, 0.29) is 0 Å². The molecule has 7 heteroatoms. The molecule has 3 aromatic rings. The molecule has 1 saturated carbocycles. The fourth-order valence-corrected chi connectivity index (χ4v) is 5.75. The molecule has 0 bridgehead atoms. The zero-order chi connectivity index (χ0) is 26.5. The van der Waals surface area contributed by atoms with E-state index in [9.17, 15) is 5.11 Å². The number of benzene rings is 1. The maximum absolute atomic E-state index is 10.4. The van der Waals surface area contributed by atoms with Gasteiger partial charge in [-0.15, -0.1) is 0 Å². The highest BCUT2D eigenvalue weighted by Crippen LogP contribution is 2.29. The summed E-state index contributed by atoms with van der Waals surface area (Å²) in [6, 6.07) is 19.3. The molecule has 38 heavy (non-hydrogen) atoms. The lowest BCUT2D eigenvalue weighted by molar-refractivity contribution is 0.0786. The summed E-state index contributed by atoms with van der Waals surface area (Å²) in [5, 5.41) is 27.2. The van der Waals surface area contributed by atoms with E-state index >= 15 is 0 Å². The Labute approximate surface area is 225 Å². The van der Waals surface area contributed by atoms with Crippen molar-refractivity contribution in [3.05, 3.63) is 72.2 Å². The number of aliphatic hydroxyl groups is 1. The highest BCUT2D eigenvalue weighted by molar-refractivity contribution is 5.67. The second-order valence-electron chi connectivity index (χ2n) is 11.2. The lowest BCUT2D eigenvalue weighted by Crippen LogP contribution is -2.55. The quantitative estimate of drug-likeness (QED) is 0.401. The Morgan fingerprint density at radius 3 is 2.55 bits per heavy atom. The summed E-state index contributed by atoms with van der Waals surface area (Å²) in [6.45, 7) is 5.59. The van der Waals surface area contributed by atoms with Crippen LogP contribution in [0.2, 0.25) is 0 Å². The number of piperidine rings is 1. The van der Waals surface area contributed by atoms with Crippen molar-refractivity contribution in [3.8, 4) is 17.2 Å². The smallest absolute Gasteiger partial charge is 0.140 e. The predicted molar refractivity (Wildman–Crippen MR) is 152 cm³/mol. The van der Waals surface area contributed by atoms with Gasteiger partial charge in [0, 0.05) is 37.4 Å². The molecule has 7 nitrogen and oxygen atoms in total. The molecule has 0 radical (unpaired) electrons. The van der Waals surface area contributed by atoms with E-state index in [1.54, 1.807) is 6.07 Å². The molecule has 5 rings (SSSR count). The van der Waals surface area contributed by atoms with Crippen molar-refractivity contribution in [1.29, 1.82) is 5.26 Å². The Morgan fingerprint density at radius 2 is 1.79 bits per heavy atom. The van der Waals surface area contributed by atoms with Crippen molar-refractivity contribution >= 4 is 11.5 Å². The molecule has 3 heterocycles. The molecule has 2 aromatic heterocycles. The second-order valence-corrected chi connectivity index (χ2v) is 11.2. The average molecular weight is 511 g/mol. The van der Waals surface area contributed by atoms with Crippen molar-refractivity contribution in [2.24, 2.45) is 0 Å². The van der Waals surface area contributed by atoms with E-state index in [1.165, 1.54) is 12.8 Å². The lowest BCUT2D eigenvalue weighted by Gasteiger charge is -2.40. The summed E-state index contributed by atoms with van der Waals surface area (Å²) in [5.41, 5.74) is 3.73. The first-order valence-electron chi connectivity index (χ1n) is 13.8. The van der Waals surface area contributed by atoms with Crippen LogP contribution in [0.5, 0.6) is 0 Å². The van der Waals surface area contributed by atoms with Crippen molar-refractivity contribution in [2.45, 2.75) is 76.1 Å². The highest BCUT2D eigenvalue weighted by atomic mass is 16.3. The maximum Gasteiger partial charge on any atom is 0.140 e. The van der Waals surface area contributed by atoms with E-state index in [0.717, 1.165) is 67.0 Å². The van der Waals surface area contributed by atoms with Crippen LogP contribution in [0.3, 0.4) is 0 Å². The van der Waals surface area contributed by atoms with Crippen LogP contribution in [0.25, 0.3) is 11.1 Å². The van der Waals surface area contributed by atoms with Gasteiger partial charge in [-0.1, -0.05) is 31.0 Å². The Balaban J connectivity index is 1.25. The first kappa shape index (κ1) is 26.1. The summed E-state index contributed by atoms with van der Waals surface area (Å²) >= 11 is 0. The van der Waals surface area contributed by atoms with Crippen LogP contribution in [0.4, 0.5) is 11.5 Å². The Hall–Kier alpha value is -3.47. The van der Waals surface area contributed by atoms with Gasteiger partial charge in [0.1, 0.15) is 17.6 Å². The number of nitrogens with zero attached hydrogens (tertiary/aromatic N) is 4. The maximum atomic E-state index is 10.4. The Bertz CT molecular complexity index is 1260. The van der Waals surface area contributed by atoms with Crippen LogP contribution in [0.1, 0.15) is 63.6 Å². The first-order chi connectivity index (χ1) is 18.4. The average Bonchev–Trinajstić information content (AvgIpc) is 2.94. The van der Waals surface area contributed by atoms with Crippen LogP contribution in [0, 0.1) is 11.3 Å². The topological polar surface area (TPSA) is 97.1 Å². The predicted octanol–water partition coefficient (Wildman–Crippen LogP) is 5.22. The number of pyridine rings is 2. The molecule has 3 N–H and O–H groups in total. The largest absolute Gasteiger partial charge is 0.386 e. The van der Waals surface area contributed by atoms with E-state index in [0.29, 0.717) is 23.8 Å². The van der Waals surface area contributed by atoms with Crippen LogP contribution in [-0.4, -0.2) is 46.3 Å². The third kappa shape index (κ3) is 6.32. The summed E-state index contributed by atoms with van der Waals surface area (Å²) in [4.78, 5) is 11.3. The number of anilines is 2. The normalized spacial score (nSPS) is 22.1. The van der Waals surface area contributed by atoms with Crippen molar-refractivity contribution in [2.75, 3.05) is 23.3 Å². The summed E-state index contributed by atoms with van der Waals surface area (Å²) in [5.74, 6) is 0.892. The molecule has 2 aliphatic rings. The molecule has 198 valence electrons. The molecular formula is C31H38N6O. The van der Waals surface area contributed by atoms with Gasteiger partial charge in [-0.3, -0.25) is 0 Å². The van der Waals surface area contributed by atoms with Gasteiger partial charge in [-0.2, -0.15) is 5.26 Å². The molecule has 0 spiro atoms. The minimum atomic E-state index is -0.879. The third-order valence-electron chi connectivity index (χ3n) is 7.86. The fraction of sp³-hybridized carbons (Fsp3) is 0.452. The molecule has 0 amide bonds. The zero-order valence-electron chi connectivity index (χ0n) is 22.4. The van der Waals surface area contributed by atoms with Gasteiger partial charge in [0.25, 0.3) is 0 Å². The minimum absolute atomic E-state index is 0.321. The van der Waals surface area contributed by atoms with Crippen molar-refractivity contribution < 1.29 is 5.11 Å². The van der Waals surface area contributed by atoms with Gasteiger partial charge >= 0.3 is 0 Å². The fourth-order valence-electron chi connectivity index (χ4n) is 5.75. The Morgan fingerprint density at radius 1 is 0.974 bits per heavy atom. The van der Waals surface area contributed by atoms with Gasteiger partial charge in [0.05, 0.1) is 17.5 Å². The molecule has 1 saturated heterocycles. The third-order valence-corrected chi connectivity index (χ3v) is 7.86. The monoisotopic (exact) mass is 510 g/mol. The van der Waals surface area contributed by atoms with Crippen LogP contribution < -0.4 is 15.5 Å². The second kappa shape index (κ2) is 11.5. The van der Waals surface area contributed by atoms with Gasteiger partial charge in [-0.05, 0) is 86.6 Å². The number of rotatable bonds is 7. The number of aromatic nitrogens is 2. The number of hydrogen-bond acceptors (Lipinski definition) is 7. The standard InChI is InChI=1S/C31H38N6O/c1-31(2,38)24-8-5-7-22(17-24)23-14-15-33-30(18-23)36-29-11-4-3-10-28(29)35-26-9-6-16-37(21-26)27-13-12-25(19-32)34-20-27/h5,7-8,12-15,17-18,20,26,28-29,35,38H,3-4,6,9-11,16,21H2,1-2H3,(H,33,36)/t26?,28-,29-/m1/s1. The Kier molecular flexibility index (Phi) is 7.92. The van der Waals surface area contributed by atoms with Gasteiger partial charge in [0.2, 0.25) is 0 Å². The van der Waals surface area contributed by atoms with E-state index in [2.05, 4.69) is 49.8 Å². The van der Waals surface area contributed by atoms with Gasteiger partial charge in [-0.25, -0.2) is 9.97 Å². The molecule has 3 atom stereocenters. The molecule has 2 fully saturated rings. The summed E-state index contributed by atoms with van der Waals surface area (Å²) in [6.07, 6.45) is 10.7. The zero-order valence-corrected chi connectivity index (χ0v) is 22.4. The molecule has 1 aliphatic carbocycles. The number of hydrogen-bond donors (Lipinski definition) is 3. The lowest BCUT2D eigenvalue weighted by atomic mass is 9.89. The van der Waals surface area contributed by atoms with E-state index in [1.807, 2.05) is 50.5 Å². The summed E-state index contributed by atoms with van der Waals surface area (Å²) < 4.78 is 0. The van der Waals surface area contributed by atoms with Crippen LogP contribution >= 0.6 is 0 Å². The van der Waals surface area contributed by atoms with Crippen LogP contribution in [-0.2, 0) is 5.60 Å². The summed E-state index contributed by atoms with van der Waals surface area (Å²) in [7, 11) is 0. The number of nitriles is 1. The molecule has 1 aliphatic heterocycles. The van der Waals surface area contributed by atoms with E-state index in [4.69, 9.17) is 5.26 Å². The number of nitrogens with one attached hydrogen (secondary N) is 2. The van der Waals surface area contributed by atoms with Crippen LogP contribution in [0.15, 0.2) is 60.9 Å². The minimum Gasteiger partial charge on any atom is -0.386 e. The molecule has 1 unspecified atom stereocenters. The van der Waals surface area contributed by atoms with Gasteiger partial charge in [0.15, 0.2) is 0 Å². The van der Waals surface area contributed by atoms with Gasteiger partial charge < -0.3 is 20.6 Å².